The van der Waals surface area contributed by atoms with Crippen molar-refractivity contribution in [2.75, 3.05) is 13.7 Å². The topological polar surface area (TPSA) is 68.6 Å². The zero-order valence-electron chi connectivity index (χ0n) is 10.3. The van der Waals surface area contributed by atoms with Crippen LogP contribution in [0.1, 0.15) is 22.8 Å². The summed E-state index contributed by atoms with van der Waals surface area (Å²) in [5, 5.41) is 9.03. The quantitative estimate of drug-likeness (QED) is 0.769. The van der Waals surface area contributed by atoms with Crippen LogP contribution in [0.5, 0.6) is 11.5 Å². The van der Waals surface area contributed by atoms with Crippen molar-refractivity contribution in [2.45, 2.75) is 13.5 Å². The summed E-state index contributed by atoms with van der Waals surface area (Å²) in [6.45, 7) is -1.33. The Hall–Kier alpha value is -2.36. The Morgan fingerprint density at radius 3 is 2.63 bits per heavy atom. The molecular weight excluding hydrogens is 260 g/mol. The van der Waals surface area contributed by atoms with Crippen LogP contribution in [0.15, 0.2) is 12.1 Å². The number of alkyl halides is 2. The summed E-state index contributed by atoms with van der Waals surface area (Å²) in [5.41, 5.74) is -0.276. The number of hydrogen-bond acceptors (Lipinski definition) is 5. The molecule has 0 atom stereocenters. The molecule has 102 valence electrons. The van der Waals surface area contributed by atoms with Gasteiger partial charge in [0.25, 0.3) is 0 Å². The second-order valence-electron chi connectivity index (χ2n) is 3.23. The van der Waals surface area contributed by atoms with E-state index < -0.39 is 12.6 Å². The third-order valence-electron chi connectivity index (χ3n) is 2.15. The maximum Gasteiger partial charge on any atom is 0.387 e. The number of ether oxygens (including phenoxy) is 3. The van der Waals surface area contributed by atoms with E-state index in [-0.39, 0.29) is 29.2 Å². The largest absolute Gasteiger partial charge is 0.492 e. The van der Waals surface area contributed by atoms with E-state index in [0.29, 0.717) is 0 Å². The highest BCUT2D eigenvalue weighted by atomic mass is 19.3. The summed E-state index contributed by atoms with van der Waals surface area (Å²) in [7, 11) is 1.18. The molecule has 0 amide bonds. The van der Waals surface area contributed by atoms with Crippen molar-refractivity contribution < 1.29 is 27.8 Å². The van der Waals surface area contributed by atoms with E-state index >= 15 is 0 Å². The van der Waals surface area contributed by atoms with Gasteiger partial charge in [-0.2, -0.15) is 14.0 Å². The summed E-state index contributed by atoms with van der Waals surface area (Å²) in [5.74, 6) is -1.28. The summed E-state index contributed by atoms with van der Waals surface area (Å²) in [6, 6.07) is 4.02. The van der Waals surface area contributed by atoms with E-state index in [9.17, 15) is 13.6 Å². The normalized spacial score (nSPS) is 9.89. The molecule has 19 heavy (non-hydrogen) atoms. The maximum atomic E-state index is 12.2. The molecule has 0 bridgehead atoms. The molecule has 0 aliphatic carbocycles. The molecule has 5 nitrogen and oxygen atoms in total. The minimum absolute atomic E-state index is 0.0668. The number of rotatable bonds is 5. The van der Waals surface area contributed by atoms with E-state index in [2.05, 4.69) is 4.74 Å². The lowest BCUT2D eigenvalue weighted by Gasteiger charge is -2.13. The minimum Gasteiger partial charge on any atom is -0.492 e. The predicted molar refractivity (Wildman–Crippen MR) is 60.3 cm³/mol. The monoisotopic (exact) mass is 271 g/mol. The molecule has 1 rings (SSSR count). The first-order chi connectivity index (χ1) is 9.04. The van der Waals surface area contributed by atoms with Gasteiger partial charge in [-0.25, -0.2) is 4.79 Å². The Kier molecular flexibility index (Phi) is 5.06. The lowest BCUT2D eigenvalue weighted by Crippen LogP contribution is -2.10. The lowest BCUT2D eigenvalue weighted by atomic mass is 10.1. The van der Waals surface area contributed by atoms with Crippen molar-refractivity contribution in [1.82, 2.24) is 0 Å². The summed E-state index contributed by atoms with van der Waals surface area (Å²) < 4.78 is 38.2. The number of hydrogen-bond donors (Lipinski definition) is 0. The van der Waals surface area contributed by atoms with Crippen molar-refractivity contribution in [1.29, 1.82) is 5.26 Å². The van der Waals surface area contributed by atoms with Crippen LogP contribution in [0, 0.1) is 11.3 Å². The van der Waals surface area contributed by atoms with Crippen LogP contribution in [0.3, 0.4) is 0 Å². The van der Waals surface area contributed by atoms with E-state index in [1.54, 1.807) is 13.0 Å². The molecule has 0 radical (unpaired) electrons. The number of esters is 1. The van der Waals surface area contributed by atoms with Crippen molar-refractivity contribution in [3.8, 4) is 17.6 Å². The van der Waals surface area contributed by atoms with Gasteiger partial charge in [-0.05, 0) is 19.1 Å². The van der Waals surface area contributed by atoms with Gasteiger partial charge < -0.3 is 14.2 Å². The average molecular weight is 271 g/mol. The second-order valence-corrected chi connectivity index (χ2v) is 3.23. The second kappa shape index (κ2) is 6.54. The molecule has 0 aliphatic rings. The number of halogens is 2. The number of nitrogens with zero attached hydrogens (tertiary/aromatic N) is 1. The molecule has 0 aromatic heterocycles. The third-order valence-corrected chi connectivity index (χ3v) is 2.15. The number of benzene rings is 1. The van der Waals surface area contributed by atoms with Crippen molar-refractivity contribution in [3.63, 3.8) is 0 Å². The highest BCUT2D eigenvalue weighted by Gasteiger charge is 2.22. The van der Waals surface area contributed by atoms with E-state index in [1.807, 2.05) is 0 Å². The molecule has 7 heteroatoms. The Balaban J connectivity index is 3.31. The number of methoxy groups -OCH3 is 1. The van der Waals surface area contributed by atoms with Crippen LogP contribution in [0.2, 0.25) is 0 Å². The molecule has 0 spiro atoms. The minimum atomic E-state index is -3.06. The first kappa shape index (κ1) is 14.7. The molecule has 0 N–H and O–H groups in total. The van der Waals surface area contributed by atoms with Crippen LogP contribution in [0.25, 0.3) is 0 Å². The Morgan fingerprint density at radius 2 is 2.16 bits per heavy atom. The molecule has 0 unspecified atom stereocenters. The molecule has 0 saturated heterocycles. The van der Waals surface area contributed by atoms with Gasteiger partial charge in [0.2, 0.25) is 0 Å². The molecular formula is C12H11F2NO4. The number of carbonyl (C=O) groups is 1. The molecule has 0 heterocycles. The first-order valence-electron chi connectivity index (χ1n) is 5.28. The lowest BCUT2D eigenvalue weighted by molar-refractivity contribution is -0.0512. The van der Waals surface area contributed by atoms with Crippen LogP contribution in [-0.2, 0) is 4.74 Å². The Labute approximate surface area is 108 Å². The van der Waals surface area contributed by atoms with Gasteiger partial charge in [0, 0.05) is 0 Å². The maximum absolute atomic E-state index is 12.2. The SMILES string of the molecule is CCOC(=O)c1ccc(OC(F)F)c(OC)c1C#N. The van der Waals surface area contributed by atoms with E-state index in [1.165, 1.54) is 13.2 Å². The molecule has 0 aliphatic heterocycles. The predicted octanol–water partition coefficient (Wildman–Crippen LogP) is 2.34. The van der Waals surface area contributed by atoms with E-state index in [0.717, 1.165) is 6.07 Å². The standard InChI is InChI=1S/C12H11F2NO4/c1-3-18-11(16)7-4-5-9(19-12(13)14)10(17-2)8(7)6-15/h4-5,12H,3H2,1-2H3. The van der Waals surface area contributed by atoms with Crippen molar-refractivity contribution in [2.24, 2.45) is 0 Å². The fraction of sp³-hybridized carbons (Fsp3) is 0.333. The zero-order valence-corrected chi connectivity index (χ0v) is 10.3. The first-order valence-corrected chi connectivity index (χ1v) is 5.28. The van der Waals surface area contributed by atoms with Crippen LogP contribution in [0.4, 0.5) is 8.78 Å². The van der Waals surface area contributed by atoms with Gasteiger partial charge in [-0.1, -0.05) is 0 Å². The fourth-order valence-corrected chi connectivity index (χ4v) is 1.44. The zero-order chi connectivity index (χ0) is 14.4. The fourth-order valence-electron chi connectivity index (χ4n) is 1.44. The molecule has 0 saturated carbocycles. The third kappa shape index (κ3) is 3.31. The van der Waals surface area contributed by atoms with Crippen LogP contribution >= 0.6 is 0 Å². The summed E-state index contributed by atoms with van der Waals surface area (Å²) in [4.78, 5) is 11.6. The summed E-state index contributed by atoms with van der Waals surface area (Å²) >= 11 is 0. The molecule has 1 aromatic rings. The smallest absolute Gasteiger partial charge is 0.387 e. The van der Waals surface area contributed by atoms with Gasteiger partial charge in [0.05, 0.1) is 19.3 Å². The molecule has 0 fully saturated rings. The van der Waals surface area contributed by atoms with Gasteiger partial charge in [0.15, 0.2) is 11.5 Å². The van der Waals surface area contributed by atoms with Crippen LogP contribution in [-0.4, -0.2) is 26.3 Å². The van der Waals surface area contributed by atoms with Gasteiger partial charge in [-0.15, -0.1) is 0 Å². The highest BCUT2D eigenvalue weighted by molar-refractivity contribution is 5.93. The Morgan fingerprint density at radius 1 is 1.47 bits per heavy atom. The highest BCUT2D eigenvalue weighted by Crippen LogP contribution is 2.34. The average Bonchev–Trinajstić information content (AvgIpc) is 2.37. The Bertz CT molecular complexity index is 511. The van der Waals surface area contributed by atoms with Crippen molar-refractivity contribution >= 4 is 5.97 Å². The summed E-state index contributed by atoms with van der Waals surface area (Å²) in [6.07, 6.45) is 0. The van der Waals surface area contributed by atoms with Crippen molar-refractivity contribution in [3.05, 3.63) is 23.3 Å². The van der Waals surface area contributed by atoms with E-state index in [4.69, 9.17) is 14.7 Å². The van der Waals surface area contributed by atoms with Crippen LogP contribution < -0.4 is 9.47 Å². The number of nitriles is 1. The molecule has 1 aromatic carbocycles. The van der Waals surface area contributed by atoms with Gasteiger partial charge in [0.1, 0.15) is 11.6 Å². The van der Waals surface area contributed by atoms with Gasteiger partial charge >= 0.3 is 12.6 Å². The van der Waals surface area contributed by atoms with Gasteiger partial charge in [-0.3, -0.25) is 0 Å². The number of carbonyl (C=O) groups excluding carboxylic acids is 1.